The Labute approximate surface area is 104 Å². The molecule has 0 saturated carbocycles. The molecule has 0 radical (unpaired) electrons. The Bertz CT molecular complexity index is 309. The molecule has 0 spiro atoms. The van der Waals surface area contributed by atoms with Crippen LogP contribution in [0.2, 0.25) is 0 Å². The molecule has 1 unspecified atom stereocenters. The van der Waals surface area contributed by atoms with Gasteiger partial charge in [-0.15, -0.1) is 0 Å². The fourth-order valence-corrected chi connectivity index (χ4v) is 1.73. The van der Waals surface area contributed by atoms with Crippen LogP contribution in [0.4, 0.5) is 0 Å². The molecular formula is C13H25N3O. The van der Waals surface area contributed by atoms with E-state index in [1.165, 1.54) is 25.7 Å². The number of aromatic nitrogens is 2. The fourth-order valence-electron chi connectivity index (χ4n) is 1.73. The van der Waals surface area contributed by atoms with Crippen molar-refractivity contribution in [1.29, 1.82) is 0 Å². The molecule has 0 aromatic carbocycles. The second kappa shape index (κ2) is 7.43. The van der Waals surface area contributed by atoms with Crippen molar-refractivity contribution >= 4 is 0 Å². The van der Waals surface area contributed by atoms with Gasteiger partial charge in [0.2, 0.25) is 5.89 Å². The lowest BCUT2D eigenvalue weighted by molar-refractivity contribution is 0.356. The predicted molar refractivity (Wildman–Crippen MR) is 68.7 cm³/mol. The van der Waals surface area contributed by atoms with Gasteiger partial charge in [0.15, 0.2) is 5.82 Å². The van der Waals surface area contributed by atoms with Crippen LogP contribution < -0.4 is 5.73 Å². The van der Waals surface area contributed by atoms with Gasteiger partial charge in [0, 0.05) is 5.92 Å². The number of hydrogen-bond acceptors (Lipinski definition) is 4. The van der Waals surface area contributed by atoms with Gasteiger partial charge in [0.05, 0.1) is 6.04 Å². The molecular weight excluding hydrogens is 214 g/mol. The summed E-state index contributed by atoms with van der Waals surface area (Å²) in [6.07, 6.45) is 7.22. The minimum atomic E-state index is -0.0760. The second-order valence-corrected chi connectivity index (χ2v) is 4.95. The zero-order chi connectivity index (χ0) is 12.7. The molecule has 0 aliphatic carbocycles. The van der Waals surface area contributed by atoms with Gasteiger partial charge in [-0.1, -0.05) is 58.0 Å². The molecule has 0 saturated heterocycles. The van der Waals surface area contributed by atoms with Crippen LogP contribution in [0.25, 0.3) is 0 Å². The lowest BCUT2D eigenvalue weighted by Gasteiger charge is -2.06. The molecule has 98 valence electrons. The minimum Gasteiger partial charge on any atom is -0.339 e. The molecule has 1 rings (SSSR count). The molecule has 1 atom stereocenters. The van der Waals surface area contributed by atoms with Gasteiger partial charge in [-0.25, -0.2) is 0 Å². The molecule has 4 heteroatoms. The van der Waals surface area contributed by atoms with Crippen molar-refractivity contribution in [1.82, 2.24) is 10.1 Å². The SMILES string of the molecule is CCCCCCCC(N)c1noc(C(C)C)n1. The molecule has 0 amide bonds. The summed E-state index contributed by atoms with van der Waals surface area (Å²) < 4.78 is 5.15. The highest BCUT2D eigenvalue weighted by atomic mass is 16.5. The average molecular weight is 239 g/mol. The van der Waals surface area contributed by atoms with E-state index < -0.39 is 0 Å². The van der Waals surface area contributed by atoms with E-state index in [1.807, 2.05) is 13.8 Å². The van der Waals surface area contributed by atoms with E-state index in [4.69, 9.17) is 10.3 Å². The van der Waals surface area contributed by atoms with Gasteiger partial charge in [-0.05, 0) is 6.42 Å². The van der Waals surface area contributed by atoms with Gasteiger partial charge in [0.1, 0.15) is 0 Å². The zero-order valence-electron chi connectivity index (χ0n) is 11.3. The molecule has 0 fully saturated rings. The summed E-state index contributed by atoms with van der Waals surface area (Å²) >= 11 is 0. The van der Waals surface area contributed by atoms with Crippen molar-refractivity contribution in [2.45, 2.75) is 71.3 Å². The number of nitrogens with two attached hydrogens (primary N) is 1. The van der Waals surface area contributed by atoms with Gasteiger partial charge in [0.25, 0.3) is 0 Å². The van der Waals surface area contributed by atoms with E-state index in [0.717, 1.165) is 12.8 Å². The van der Waals surface area contributed by atoms with Crippen LogP contribution in [0, 0.1) is 0 Å². The van der Waals surface area contributed by atoms with Crippen LogP contribution in [0.5, 0.6) is 0 Å². The summed E-state index contributed by atoms with van der Waals surface area (Å²) in [4.78, 5) is 4.32. The van der Waals surface area contributed by atoms with Crippen molar-refractivity contribution in [2.24, 2.45) is 5.73 Å². The summed E-state index contributed by atoms with van der Waals surface area (Å²) in [5.41, 5.74) is 6.04. The standard InChI is InChI=1S/C13H25N3O/c1-4-5-6-7-8-9-11(14)12-15-13(10(2)3)17-16-12/h10-11H,4-9,14H2,1-3H3. The monoisotopic (exact) mass is 239 g/mol. The van der Waals surface area contributed by atoms with Crippen molar-refractivity contribution < 1.29 is 4.52 Å². The van der Waals surface area contributed by atoms with Crippen LogP contribution in [-0.2, 0) is 0 Å². The van der Waals surface area contributed by atoms with Crippen LogP contribution in [-0.4, -0.2) is 10.1 Å². The Hall–Kier alpha value is -0.900. The molecule has 2 N–H and O–H groups in total. The number of hydrogen-bond donors (Lipinski definition) is 1. The normalized spacial score (nSPS) is 13.2. The Morgan fingerprint density at radius 2 is 1.88 bits per heavy atom. The van der Waals surface area contributed by atoms with E-state index in [9.17, 15) is 0 Å². The van der Waals surface area contributed by atoms with Gasteiger partial charge >= 0.3 is 0 Å². The van der Waals surface area contributed by atoms with Gasteiger partial charge in [-0.2, -0.15) is 4.98 Å². The highest BCUT2D eigenvalue weighted by molar-refractivity contribution is 4.95. The number of nitrogens with zero attached hydrogens (tertiary/aromatic N) is 2. The van der Waals surface area contributed by atoms with Crippen LogP contribution in [0.1, 0.15) is 83.0 Å². The zero-order valence-corrected chi connectivity index (χ0v) is 11.3. The Morgan fingerprint density at radius 3 is 2.47 bits per heavy atom. The topological polar surface area (TPSA) is 64.9 Å². The first-order chi connectivity index (χ1) is 8.15. The first-order valence-corrected chi connectivity index (χ1v) is 6.74. The van der Waals surface area contributed by atoms with E-state index in [0.29, 0.717) is 11.7 Å². The third-order valence-corrected chi connectivity index (χ3v) is 2.90. The summed E-state index contributed by atoms with van der Waals surface area (Å²) in [6, 6.07) is -0.0760. The second-order valence-electron chi connectivity index (χ2n) is 4.95. The highest BCUT2D eigenvalue weighted by Crippen LogP contribution is 2.18. The van der Waals surface area contributed by atoms with Crippen LogP contribution in [0.3, 0.4) is 0 Å². The third kappa shape index (κ3) is 4.86. The van der Waals surface area contributed by atoms with Crippen molar-refractivity contribution in [3.05, 3.63) is 11.7 Å². The summed E-state index contributed by atoms with van der Waals surface area (Å²) in [5, 5.41) is 3.94. The molecule has 4 nitrogen and oxygen atoms in total. The van der Waals surface area contributed by atoms with Crippen LogP contribution >= 0.6 is 0 Å². The Morgan fingerprint density at radius 1 is 1.18 bits per heavy atom. The minimum absolute atomic E-state index is 0.0760. The van der Waals surface area contributed by atoms with Crippen molar-refractivity contribution in [2.75, 3.05) is 0 Å². The highest BCUT2D eigenvalue weighted by Gasteiger charge is 2.15. The molecule has 17 heavy (non-hydrogen) atoms. The Kier molecular flexibility index (Phi) is 6.19. The number of unbranched alkanes of at least 4 members (excludes halogenated alkanes) is 4. The lowest BCUT2D eigenvalue weighted by Crippen LogP contribution is -2.12. The lowest BCUT2D eigenvalue weighted by atomic mass is 10.1. The summed E-state index contributed by atoms with van der Waals surface area (Å²) in [6.45, 7) is 6.29. The van der Waals surface area contributed by atoms with Gasteiger partial charge in [-0.3, -0.25) is 0 Å². The molecule has 0 bridgehead atoms. The van der Waals surface area contributed by atoms with E-state index >= 15 is 0 Å². The fraction of sp³-hybridized carbons (Fsp3) is 0.846. The summed E-state index contributed by atoms with van der Waals surface area (Å²) in [7, 11) is 0. The molecule has 0 aliphatic heterocycles. The molecule has 0 aliphatic rings. The first kappa shape index (κ1) is 14.2. The van der Waals surface area contributed by atoms with Crippen molar-refractivity contribution in [3.8, 4) is 0 Å². The largest absolute Gasteiger partial charge is 0.339 e. The Balaban J connectivity index is 2.28. The van der Waals surface area contributed by atoms with Crippen molar-refractivity contribution in [3.63, 3.8) is 0 Å². The molecule has 1 aromatic rings. The summed E-state index contributed by atoms with van der Waals surface area (Å²) in [5.74, 6) is 1.61. The van der Waals surface area contributed by atoms with Crippen LogP contribution in [0.15, 0.2) is 4.52 Å². The van der Waals surface area contributed by atoms with E-state index in [2.05, 4.69) is 17.1 Å². The maximum atomic E-state index is 6.04. The third-order valence-electron chi connectivity index (χ3n) is 2.90. The van der Waals surface area contributed by atoms with E-state index in [1.54, 1.807) is 0 Å². The maximum absolute atomic E-state index is 6.04. The molecule has 1 heterocycles. The number of rotatable bonds is 8. The quantitative estimate of drug-likeness (QED) is 0.704. The van der Waals surface area contributed by atoms with E-state index in [-0.39, 0.29) is 12.0 Å². The smallest absolute Gasteiger partial charge is 0.229 e. The molecule has 1 aromatic heterocycles. The predicted octanol–water partition coefficient (Wildman–Crippen LogP) is 3.55. The average Bonchev–Trinajstić information content (AvgIpc) is 2.78. The first-order valence-electron chi connectivity index (χ1n) is 6.74. The van der Waals surface area contributed by atoms with Gasteiger partial charge < -0.3 is 10.3 Å². The maximum Gasteiger partial charge on any atom is 0.229 e.